The molecular weight excluding hydrogens is 312 g/mol. The molecule has 2 rings (SSSR count). The van der Waals surface area contributed by atoms with Gasteiger partial charge in [0.05, 0.1) is 13.2 Å². The summed E-state index contributed by atoms with van der Waals surface area (Å²) in [6.45, 7) is -0.537. The van der Waals surface area contributed by atoms with E-state index in [0.717, 1.165) is 4.57 Å². The van der Waals surface area contributed by atoms with Crippen LogP contribution < -0.4 is 17.2 Å². The van der Waals surface area contributed by atoms with E-state index >= 15 is 0 Å². The van der Waals surface area contributed by atoms with Crippen molar-refractivity contribution in [1.29, 1.82) is 0 Å². The number of aliphatic hydroxyl groups excluding tert-OH is 3. The molecule has 1 saturated heterocycles. The number of aromatic nitrogens is 2. The SMILES string of the molecule is Cc1cn([C@@H]2OC(CO)(CO)[C@](O)(C(N)=O)[C@H]2O)c(=O)nc1N. The van der Waals surface area contributed by atoms with Gasteiger partial charge < -0.3 is 36.6 Å². The summed E-state index contributed by atoms with van der Waals surface area (Å²) in [5, 5.41) is 39.7. The first-order valence-corrected chi connectivity index (χ1v) is 6.59. The van der Waals surface area contributed by atoms with Crippen molar-refractivity contribution in [3.05, 3.63) is 22.2 Å². The van der Waals surface area contributed by atoms with Gasteiger partial charge in [-0.15, -0.1) is 0 Å². The van der Waals surface area contributed by atoms with E-state index in [9.17, 15) is 30.0 Å². The molecule has 0 aromatic carbocycles. The Bertz CT molecular complexity index is 686. The first-order chi connectivity index (χ1) is 10.6. The van der Waals surface area contributed by atoms with Gasteiger partial charge in [0.15, 0.2) is 11.8 Å². The predicted molar refractivity (Wildman–Crippen MR) is 74.8 cm³/mol. The van der Waals surface area contributed by atoms with Crippen molar-refractivity contribution in [3.8, 4) is 0 Å². The van der Waals surface area contributed by atoms with Gasteiger partial charge >= 0.3 is 5.69 Å². The summed E-state index contributed by atoms with van der Waals surface area (Å²) in [5.74, 6) is -1.47. The van der Waals surface area contributed by atoms with Crippen LogP contribution in [0.1, 0.15) is 11.8 Å². The molecule has 2 heterocycles. The molecule has 1 fully saturated rings. The molecular formula is C12H18N4O7. The highest BCUT2D eigenvalue weighted by Gasteiger charge is 2.69. The Morgan fingerprint density at radius 1 is 1.48 bits per heavy atom. The van der Waals surface area contributed by atoms with Gasteiger partial charge in [0.2, 0.25) is 5.60 Å². The van der Waals surface area contributed by atoms with Crippen LogP contribution in [-0.4, -0.2) is 66.4 Å². The van der Waals surface area contributed by atoms with E-state index in [1.807, 2.05) is 0 Å². The topological polar surface area (TPSA) is 194 Å². The van der Waals surface area contributed by atoms with Crippen molar-refractivity contribution in [2.45, 2.75) is 30.5 Å². The molecule has 8 N–H and O–H groups in total. The van der Waals surface area contributed by atoms with Crippen LogP contribution in [0.3, 0.4) is 0 Å². The lowest BCUT2D eigenvalue weighted by atomic mass is 9.80. The Kier molecular flexibility index (Phi) is 4.17. The van der Waals surface area contributed by atoms with E-state index in [4.69, 9.17) is 16.2 Å². The van der Waals surface area contributed by atoms with Gasteiger partial charge in [0, 0.05) is 11.8 Å². The highest BCUT2D eigenvalue weighted by atomic mass is 16.6. The van der Waals surface area contributed by atoms with Crippen molar-refractivity contribution in [2.75, 3.05) is 18.9 Å². The molecule has 1 aliphatic rings. The van der Waals surface area contributed by atoms with Crippen molar-refractivity contribution in [3.63, 3.8) is 0 Å². The van der Waals surface area contributed by atoms with Crippen LogP contribution >= 0.6 is 0 Å². The van der Waals surface area contributed by atoms with Gasteiger partial charge in [0.25, 0.3) is 5.91 Å². The van der Waals surface area contributed by atoms with Crippen LogP contribution in [0.15, 0.2) is 11.0 Å². The lowest BCUT2D eigenvalue weighted by molar-refractivity contribution is -0.192. The first-order valence-electron chi connectivity index (χ1n) is 6.59. The number of nitrogens with two attached hydrogens (primary N) is 2. The van der Waals surface area contributed by atoms with E-state index in [-0.39, 0.29) is 5.82 Å². The van der Waals surface area contributed by atoms with Gasteiger partial charge in [-0.05, 0) is 6.92 Å². The molecule has 1 aromatic rings. The Morgan fingerprint density at radius 3 is 2.48 bits per heavy atom. The molecule has 1 amide bonds. The number of hydrogen-bond donors (Lipinski definition) is 6. The summed E-state index contributed by atoms with van der Waals surface area (Å²) >= 11 is 0. The van der Waals surface area contributed by atoms with Gasteiger partial charge in [-0.25, -0.2) is 4.79 Å². The monoisotopic (exact) mass is 330 g/mol. The average molecular weight is 330 g/mol. The van der Waals surface area contributed by atoms with Crippen molar-refractivity contribution < 1.29 is 30.0 Å². The largest absolute Gasteiger partial charge is 0.393 e. The molecule has 3 atom stereocenters. The quantitative estimate of drug-likeness (QED) is 0.318. The molecule has 0 spiro atoms. The fourth-order valence-electron chi connectivity index (χ4n) is 2.57. The third kappa shape index (κ3) is 2.21. The summed E-state index contributed by atoms with van der Waals surface area (Å²) in [5.41, 5.74) is 4.94. The number of aliphatic hydroxyl groups is 4. The minimum atomic E-state index is -2.82. The summed E-state index contributed by atoms with van der Waals surface area (Å²) in [7, 11) is 0. The zero-order valence-corrected chi connectivity index (χ0v) is 12.2. The second-order valence-electron chi connectivity index (χ2n) is 5.39. The Balaban J connectivity index is 2.62. The Morgan fingerprint density at radius 2 is 2.04 bits per heavy atom. The molecule has 0 unspecified atom stereocenters. The third-order valence-electron chi connectivity index (χ3n) is 4.07. The predicted octanol–water partition coefficient (Wildman–Crippen LogP) is -4.04. The van der Waals surface area contributed by atoms with E-state index < -0.39 is 48.3 Å². The van der Waals surface area contributed by atoms with Crippen molar-refractivity contribution >= 4 is 11.7 Å². The maximum atomic E-state index is 12.0. The highest BCUT2D eigenvalue weighted by molar-refractivity contribution is 5.86. The molecule has 0 saturated carbocycles. The number of ether oxygens (including phenoxy) is 1. The number of aryl methyl sites for hydroxylation is 1. The van der Waals surface area contributed by atoms with Crippen LogP contribution in [0.25, 0.3) is 0 Å². The average Bonchev–Trinajstić information content (AvgIpc) is 2.74. The maximum absolute atomic E-state index is 12.0. The number of rotatable bonds is 4. The van der Waals surface area contributed by atoms with Gasteiger partial charge in [-0.3, -0.25) is 9.36 Å². The summed E-state index contributed by atoms with van der Waals surface area (Å²) in [6, 6.07) is 0. The Hall–Kier alpha value is -2.05. The van der Waals surface area contributed by atoms with Crippen molar-refractivity contribution in [1.82, 2.24) is 9.55 Å². The zero-order chi connectivity index (χ0) is 17.6. The normalized spacial score (nSPS) is 29.6. The van der Waals surface area contributed by atoms with Gasteiger partial charge in [0.1, 0.15) is 11.9 Å². The minimum absolute atomic E-state index is 0.0421. The fourth-order valence-corrected chi connectivity index (χ4v) is 2.57. The van der Waals surface area contributed by atoms with Crippen LogP contribution in [0.5, 0.6) is 0 Å². The second-order valence-corrected chi connectivity index (χ2v) is 5.39. The highest BCUT2D eigenvalue weighted by Crippen LogP contribution is 2.44. The summed E-state index contributed by atoms with van der Waals surface area (Å²) in [4.78, 5) is 27.1. The number of nitrogen functional groups attached to an aromatic ring is 1. The number of amides is 1. The molecule has 11 heteroatoms. The zero-order valence-electron chi connectivity index (χ0n) is 12.2. The Labute approximate surface area is 129 Å². The number of hydrogen-bond acceptors (Lipinski definition) is 9. The number of nitrogens with zero attached hydrogens (tertiary/aromatic N) is 2. The molecule has 0 aliphatic carbocycles. The van der Waals surface area contributed by atoms with E-state index in [0.29, 0.717) is 5.56 Å². The third-order valence-corrected chi connectivity index (χ3v) is 4.07. The lowest BCUT2D eigenvalue weighted by Crippen LogP contribution is -2.67. The maximum Gasteiger partial charge on any atom is 0.351 e. The number of carbonyl (C=O) groups excluding carboxylic acids is 1. The molecule has 11 nitrogen and oxygen atoms in total. The van der Waals surface area contributed by atoms with E-state index in [2.05, 4.69) is 4.98 Å². The molecule has 23 heavy (non-hydrogen) atoms. The molecule has 1 aliphatic heterocycles. The smallest absolute Gasteiger partial charge is 0.351 e. The molecule has 128 valence electrons. The summed E-state index contributed by atoms with van der Waals surface area (Å²) in [6.07, 6.45) is -2.46. The lowest BCUT2D eigenvalue weighted by Gasteiger charge is -2.36. The summed E-state index contributed by atoms with van der Waals surface area (Å²) < 4.78 is 6.07. The molecule has 0 bridgehead atoms. The standard InChI is InChI=1S/C12H18N4O7/c1-5-2-16(10(21)15-7(5)13)8-6(19)12(22,9(14)20)11(3-17,4-18)23-8/h2,6,8,17-19,22H,3-4H2,1H3,(H2,14,20)(H2,13,15,21)/t6-,8+,12+/m0/s1. The van der Waals surface area contributed by atoms with E-state index in [1.54, 1.807) is 0 Å². The van der Waals surface area contributed by atoms with Gasteiger partial charge in [-0.1, -0.05) is 0 Å². The first kappa shape index (κ1) is 17.3. The van der Waals surface area contributed by atoms with Crippen LogP contribution in [0.2, 0.25) is 0 Å². The van der Waals surface area contributed by atoms with E-state index in [1.165, 1.54) is 13.1 Å². The second kappa shape index (κ2) is 5.54. The van der Waals surface area contributed by atoms with Crippen LogP contribution in [0, 0.1) is 6.92 Å². The van der Waals surface area contributed by atoms with Crippen molar-refractivity contribution in [2.24, 2.45) is 5.73 Å². The fraction of sp³-hybridized carbons (Fsp3) is 0.583. The van der Waals surface area contributed by atoms with Crippen LogP contribution in [-0.2, 0) is 9.53 Å². The number of anilines is 1. The number of primary amides is 1. The number of carbonyl (C=O) groups is 1. The molecule has 1 aromatic heterocycles. The van der Waals surface area contributed by atoms with Gasteiger partial charge in [-0.2, -0.15) is 4.98 Å². The molecule has 0 radical (unpaired) electrons. The van der Waals surface area contributed by atoms with Crippen LogP contribution in [0.4, 0.5) is 5.82 Å². The minimum Gasteiger partial charge on any atom is -0.393 e.